The van der Waals surface area contributed by atoms with Gasteiger partial charge < -0.3 is 16.8 Å². The van der Waals surface area contributed by atoms with Gasteiger partial charge >= 0.3 is 0 Å². The Labute approximate surface area is 167 Å². The number of aromatic nitrogens is 5. The molecule has 0 saturated heterocycles. The van der Waals surface area contributed by atoms with Crippen LogP contribution in [0.3, 0.4) is 0 Å². The van der Waals surface area contributed by atoms with Gasteiger partial charge in [-0.1, -0.05) is 24.6 Å². The van der Waals surface area contributed by atoms with Crippen molar-refractivity contribution in [3.05, 3.63) is 61.1 Å². The molecule has 3 aromatic rings. The first-order chi connectivity index (χ1) is 14.1. The van der Waals surface area contributed by atoms with Crippen molar-refractivity contribution in [3.63, 3.8) is 0 Å². The van der Waals surface area contributed by atoms with Gasteiger partial charge in [-0.25, -0.2) is 14.6 Å². The molecule has 1 aromatic carbocycles. The Morgan fingerprint density at radius 3 is 2.69 bits per heavy atom. The summed E-state index contributed by atoms with van der Waals surface area (Å²) in [6.07, 6.45) is 9.52. The molecule has 0 aliphatic heterocycles. The largest absolute Gasteiger partial charge is 0.365 e. The molecule has 150 valence electrons. The number of hydrogen-bond acceptors (Lipinski definition) is 8. The van der Waals surface area contributed by atoms with E-state index in [2.05, 4.69) is 30.5 Å². The third-order valence-electron chi connectivity index (χ3n) is 5.21. The van der Waals surface area contributed by atoms with E-state index in [1.54, 1.807) is 12.7 Å². The highest BCUT2D eigenvalue weighted by molar-refractivity contribution is 5.97. The van der Waals surface area contributed by atoms with Crippen LogP contribution in [0.1, 0.15) is 36.0 Å². The van der Waals surface area contributed by atoms with Gasteiger partial charge in [-0.05, 0) is 31.4 Å². The number of carbonyl (C=O) groups is 1. The molecule has 2 heterocycles. The summed E-state index contributed by atoms with van der Waals surface area (Å²) in [5, 5.41) is 13.3. The van der Waals surface area contributed by atoms with Crippen LogP contribution in [0.25, 0.3) is 0 Å². The lowest BCUT2D eigenvalue weighted by atomic mass is 9.83. The Kier molecular flexibility index (Phi) is 5.09. The number of primary amides is 1. The topological polar surface area (TPSA) is 141 Å². The molecule has 1 saturated carbocycles. The first-order valence-electron chi connectivity index (χ1n) is 9.44. The van der Waals surface area contributed by atoms with Crippen LogP contribution in [0.15, 0.2) is 55.5 Å². The van der Waals surface area contributed by atoms with Crippen LogP contribution in [0.5, 0.6) is 0 Å². The van der Waals surface area contributed by atoms with E-state index in [9.17, 15) is 4.79 Å². The van der Waals surface area contributed by atoms with Crippen molar-refractivity contribution in [2.75, 3.05) is 10.3 Å². The molecule has 5 N–H and O–H groups in total. The molecular weight excluding hydrogens is 370 g/mol. The average molecular weight is 393 g/mol. The van der Waals surface area contributed by atoms with Gasteiger partial charge in [0.1, 0.15) is 30.5 Å². The number of anilines is 2. The van der Waals surface area contributed by atoms with Crippen LogP contribution in [0, 0.1) is 0 Å². The molecule has 1 aliphatic rings. The molecule has 0 spiro atoms. The minimum Gasteiger partial charge on any atom is -0.365 e. The Morgan fingerprint density at radius 1 is 1.21 bits per heavy atom. The summed E-state index contributed by atoms with van der Waals surface area (Å²) in [5.74, 6) is -0.276. The van der Waals surface area contributed by atoms with Crippen LogP contribution in [-0.2, 0) is 0 Å². The van der Waals surface area contributed by atoms with E-state index in [0.717, 1.165) is 24.9 Å². The predicted molar refractivity (Wildman–Crippen MR) is 108 cm³/mol. The van der Waals surface area contributed by atoms with Gasteiger partial charge in [-0.2, -0.15) is 0 Å². The molecule has 1 aliphatic carbocycles. The van der Waals surface area contributed by atoms with E-state index < -0.39 is 11.6 Å². The molecule has 10 heteroatoms. The first-order valence-corrected chi connectivity index (χ1v) is 9.44. The number of nitrogens with zero attached hydrogens (tertiary/aromatic N) is 6. The molecule has 0 radical (unpaired) electrons. The van der Waals surface area contributed by atoms with Gasteiger partial charge in [-0.15, -0.1) is 10.2 Å². The average Bonchev–Trinajstić information content (AvgIpc) is 3.25. The highest BCUT2D eigenvalue weighted by Gasteiger charge is 2.43. The van der Waals surface area contributed by atoms with Gasteiger partial charge in [0.05, 0.1) is 17.3 Å². The van der Waals surface area contributed by atoms with E-state index in [0.29, 0.717) is 12.2 Å². The quantitative estimate of drug-likeness (QED) is 0.530. The van der Waals surface area contributed by atoms with Crippen LogP contribution in [0.4, 0.5) is 11.5 Å². The predicted octanol–water partition coefficient (Wildman–Crippen LogP) is 1.15. The van der Waals surface area contributed by atoms with Crippen molar-refractivity contribution >= 4 is 17.4 Å². The second-order valence-corrected chi connectivity index (χ2v) is 7.10. The lowest BCUT2D eigenvalue weighted by molar-refractivity contribution is 0.1000. The summed E-state index contributed by atoms with van der Waals surface area (Å²) in [5.41, 5.74) is 12.7. The monoisotopic (exact) mass is 393 g/mol. The zero-order valence-electron chi connectivity index (χ0n) is 15.8. The first kappa shape index (κ1) is 18.8. The molecule has 1 amide bonds. The summed E-state index contributed by atoms with van der Waals surface area (Å²) in [6, 6.07) is 9.75. The summed E-state index contributed by atoms with van der Waals surface area (Å²) >= 11 is 0. The highest BCUT2D eigenvalue weighted by atomic mass is 16.1. The summed E-state index contributed by atoms with van der Waals surface area (Å²) in [6.45, 7) is 0. The standard InChI is InChI=1S/C19H23N9O/c20-17(29)15-10-22-11-23-18(15)26-19(21)9-5-4-8-16(19)28(27-12-24-25-13-27)14-6-2-1-3-7-14/h1-3,6-7,10-13,16H,4-5,8-9,21H2,(H2,20,29)(H,22,23,26)/t16?,19-/m0/s1. The lowest BCUT2D eigenvalue weighted by Gasteiger charge is -2.48. The van der Waals surface area contributed by atoms with Gasteiger partial charge in [0.2, 0.25) is 0 Å². The number of benzene rings is 1. The number of para-hydroxylation sites is 1. The van der Waals surface area contributed by atoms with Crippen molar-refractivity contribution in [1.82, 2.24) is 24.8 Å². The zero-order valence-corrected chi connectivity index (χ0v) is 15.8. The second-order valence-electron chi connectivity index (χ2n) is 7.10. The number of amides is 1. The molecule has 2 aromatic heterocycles. The van der Waals surface area contributed by atoms with E-state index in [4.69, 9.17) is 11.5 Å². The Morgan fingerprint density at radius 2 is 1.97 bits per heavy atom. The maximum Gasteiger partial charge on any atom is 0.254 e. The Hall–Kier alpha value is -3.53. The maximum absolute atomic E-state index is 11.8. The van der Waals surface area contributed by atoms with Crippen molar-refractivity contribution in [2.24, 2.45) is 11.5 Å². The minimum absolute atomic E-state index is 0.162. The fourth-order valence-corrected chi connectivity index (χ4v) is 3.86. The van der Waals surface area contributed by atoms with E-state index in [1.165, 1.54) is 12.5 Å². The minimum atomic E-state index is -0.878. The molecule has 1 unspecified atom stereocenters. The number of nitrogens with two attached hydrogens (primary N) is 2. The molecule has 10 nitrogen and oxygen atoms in total. The van der Waals surface area contributed by atoms with Crippen molar-refractivity contribution in [2.45, 2.75) is 37.4 Å². The van der Waals surface area contributed by atoms with Gasteiger partial charge in [-0.3, -0.25) is 9.80 Å². The van der Waals surface area contributed by atoms with E-state index >= 15 is 0 Å². The molecule has 1 fully saturated rings. The van der Waals surface area contributed by atoms with Gasteiger partial charge in [0.25, 0.3) is 5.91 Å². The van der Waals surface area contributed by atoms with Gasteiger partial charge in [0.15, 0.2) is 0 Å². The number of rotatable bonds is 6. The highest BCUT2D eigenvalue weighted by Crippen LogP contribution is 2.34. The maximum atomic E-state index is 11.8. The molecule has 2 atom stereocenters. The van der Waals surface area contributed by atoms with Crippen molar-refractivity contribution in [1.29, 1.82) is 0 Å². The normalized spacial score (nSPS) is 21.5. The fraction of sp³-hybridized carbons (Fsp3) is 0.316. The summed E-state index contributed by atoms with van der Waals surface area (Å²) < 4.78 is 1.82. The molecular formula is C19H23N9O. The van der Waals surface area contributed by atoms with Crippen molar-refractivity contribution in [3.8, 4) is 0 Å². The van der Waals surface area contributed by atoms with Gasteiger partial charge in [0, 0.05) is 6.20 Å². The number of carbonyl (C=O) groups excluding carboxylic acids is 1. The van der Waals surface area contributed by atoms with Crippen LogP contribution in [0.2, 0.25) is 0 Å². The zero-order chi connectivity index (χ0) is 20.3. The summed E-state index contributed by atoms with van der Waals surface area (Å²) in [4.78, 5) is 19.9. The Balaban J connectivity index is 1.75. The number of nitrogens with one attached hydrogen (secondary N) is 1. The fourth-order valence-electron chi connectivity index (χ4n) is 3.86. The van der Waals surface area contributed by atoms with Crippen molar-refractivity contribution < 1.29 is 4.79 Å². The second kappa shape index (κ2) is 7.84. The number of hydrogen-bond donors (Lipinski definition) is 3. The lowest BCUT2D eigenvalue weighted by Crippen LogP contribution is -2.66. The Bertz CT molecular complexity index is 963. The molecule has 4 rings (SSSR count). The molecule has 0 bridgehead atoms. The molecule has 29 heavy (non-hydrogen) atoms. The van der Waals surface area contributed by atoms with Crippen LogP contribution in [-0.4, -0.2) is 42.5 Å². The van der Waals surface area contributed by atoms with E-state index in [-0.39, 0.29) is 11.6 Å². The third kappa shape index (κ3) is 3.74. The van der Waals surface area contributed by atoms with E-state index in [1.807, 2.05) is 35.0 Å². The SMILES string of the molecule is NC(=O)c1cncnc1N[C@@]1(N)CCCCC1N(c1ccccc1)n1cnnc1. The van der Waals surface area contributed by atoms with Crippen LogP contribution >= 0.6 is 0 Å². The smallest absolute Gasteiger partial charge is 0.254 e. The third-order valence-corrected chi connectivity index (χ3v) is 5.21. The van der Waals surface area contributed by atoms with Crippen LogP contribution < -0.4 is 21.8 Å². The summed E-state index contributed by atoms with van der Waals surface area (Å²) in [7, 11) is 0.